The standard InChI is InChI=1S/C6H11N3OS/c1-9-6(11-2)4(3-7)5(10)8-9/h3,7H2,1-2H3,(H,8,10). The van der Waals surface area contributed by atoms with Gasteiger partial charge in [0, 0.05) is 13.6 Å². The third-order valence-electron chi connectivity index (χ3n) is 1.50. The predicted octanol–water partition coefficient (Wildman–Crippen LogP) is -0.106. The van der Waals surface area contributed by atoms with Crippen LogP contribution in [0.5, 0.6) is 0 Å². The topological polar surface area (TPSA) is 63.8 Å². The molecule has 1 aromatic rings. The molecule has 3 N–H and O–H groups in total. The van der Waals surface area contributed by atoms with Crippen LogP contribution in [0.2, 0.25) is 0 Å². The number of rotatable bonds is 2. The Kier molecular flexibility index (Phi) is 2.41. The predicted molar refractivity (Wildman–Crippen MR) is 45.7 cm³/mol. The first-order valence-corrected chi connectivity index (χ1v) is 4.45. The van der Waals surface area contributed by atoms with Crippen LogP contribution in [0.3, 0.4) is 0 Å². The van der Waals surface area contributed by atoms with Gasteiger partial charge in [-0.1, -0.05) is 0 Å². The lowest BCUT2D eigenvalue weighted by molar-refractivity contribution is 0.689. The van der Waals surface area contributed by atoms with Crippen molar-refractivity contribution in [1.82, 2.24) is 9.78 Å². The van der Waals surface area contributed by atoms with Crippen LogP contribution >= 0.6 is 11.8 Å². The van der Waals surface area contributed by atoms with Crippen molar-refractivity contribution in [1.29, 1.82) is 0 Å². The molecule has 1 rings (SSSR count). The Balaban J connectivity index is 3.29. The zero-order valence-corrected chi connectivity index (χ0v) is 7.36. The van der Waals surface area contributed by atoms with Gasteiger partial charge in [0.15, 0.2) is 0 Å². The van der Waals surface area contributed by atoms with Crippen molar-refractivity contribution in [2.45, 2.75) is 11.6 Å². The van der Waals surface area contributed by atoms with Gasteiger partial charge in [-0.05, 0) is 6.26 Å². The lowest BCUT2D eigenvalue weighted by atomic mass is 10.4. The van der Waals surface area contributed by atoms with Gasteiger partial charge in [0.05, 0.1) is 10.6 Å². The Hall–Kier alpha value is -0.680. The van der Waals surface area contributed by atoms with Gasteiger partial charge in [-0.2, -0.15) is 0 Å². The summed E-state index contributed by atoms with van der Waals surface area (Å²) in [5, 5.41) is 3.55. The Morgan fingerprint density at radius 1 is 1.73 bits per heavy atom. The number of thioether (sulfide) groups is 1. The number of nitrogens with one attached hydrogen (secondary N) is 1. The van der Waals surface area contributed by atoms with E-state index in [9.17, 15) is 4.79 Å². The molecular formula is C6H11N3OS. The normalized spacial score (nSPS) is 10.5. The molecule has 0 spiro atoms. The van der Waals surface area contributed by atoms with E-state index in [0.29, 0.717) is 12.1 Å². The Morgan fingerprint density at radius 2 is 2.36 bits per heavy atom. The van der Waals surface area contributed by atoms with Gasteiger partial charge in [-0.15, -0.1) is 11.8 Å². The van der Waals surface area contributed by atoms with Crippen molar-refractivity contribution in [3.05, 3.63) is 15.9 Å². The average Bonchev–Trinajstić information content (AvgIpc) is 2.24. The number of aromatic nitrogens is 2. The second-order valence-electron chi connectivity index (χ2n) is 2.19. The molecule has 0 aliphatic heterocycles. The summed E-state index contributed by atoms with van der Waals surface area (Å²) in [5.74, 6) is 0. The molecule has 0 radical (unpaired) electrons. The Morgan fingerprint density at radius 3 is 2.73 bits per heavy atom. The molecule has 0 bridgehead atoms. The molecule has 1 aromatic heterocycles. The van der Waals surface area contributed by atoms with Crippen LogP contribution in [0.1, 0.15) is 5.56 Å². The fourth-order valence-electron chi connectivity index (χ4n) is 1.01. The zero-order valence-electron chi connectivity index (χ0n) is 6.55. The largest absolute Gasteiger partial charge is 0.326 e. The van der Waals surface area contributed by atoms with E-state index in [4.69, 9.17) is 5.73 Å². The molecule has 0 amide bonds. The lowest BCUT2D eigenvalue weighted by Crippen LogP contribution is -2.10. The molecule has 5 heteroatoms. The van der Waals surface area contributed by atoms with E-state index >= 15 is 0 Å². The molecule has 0 aromatic carbocycles. The van der Waals surface area contributed by atoms with Gasteiger partial charge in [-0.25, -0.2) is 0 Å². The van der Waals surface area contributed by atoms with E-state index in [1.165, 1.54) is 11.8 Å². The second-order valence-corrected chi connectivity index (χ2v) is 2.99. The smallest absolute Gasteiger partial charge is 0.269 e. The minimum atomic E-state index is -0.0839. The van der Waals surface area contributed by atoms with Crippen LogP contribution < -0.4 is 11.3 Å². The highest BCUT2D eigenvalue weighted by Crippen LogP contribution is 2.14. The van der Waals surface area contributed by atoms with E-state index in [0.717, 1.165) is 5.03 Å². The number of nitrogens with two attached hydrogens (primary N) is 1. The molecule has 1 heterocycles. The Labute approximate surface area is 68.8 Å². The fourth-order valence-corrected chi connectivity index (χ4v) is 1.75. The minimum absolute atomic E-state index is 0.0839. The maximum absolute atomic E-state index is 11.1. The summed E-state index contributed by atoms with van der Waals surface area (Å²) in [6.07, 6.45) is 1.92. The number of hydrogen-bond donors (Lipinski definition) is 2. The first-order chi connectivity index (χ1) is 5.20. The van der Waals surface area contributed by atoms with Gasteiger partial charge in [-0.3, -0.25) is 14.6 Å². The van der Waals surface area contributed by atoms with E-state index in [1.54, 1.807) is 11.7 Å². The summed E-state index contributed by atoms with van der Waals surface area (Å²) < 4.78 is 1.69. The van der Waals surface area contributed by atoms with Gasteiger partial charge in [0.25, 0.3) is 5.56 Å². The van der Waals surface area contributed by atoms with Gasteiger partial charge in [0.1, 0.15) is 0 Å². The molecule has 0 fully saturated rings. The monoisotopic (exact) mass is 173 g/mol. The number of nitrogens with zero attached hydrogens (tertiary/aromatic N) is 1. The van der Waals surface area contributed by atoms with Crippen LogP contribution in [-0.2, 0) is 13.6 Å². The van der Waals surface area contributed by atoms with Gasteiger partial charge < -0.3 is 5.73 Å². The molecule has 11 heavy (non-hydrogen) atoms. The SMILES string of the molecule is CSc1c(CN)c(=O)[nH]n1C. The van der Waals surface area contributed by atoms with Crippen molar-refractivity contribution < 1.29 is 0 Å². The zero-order chi connectivity index (χ0) is 8.43. The summed E-state index contributed by atoms with van der Waals surface area (Å²) >= 11 is 1.52. The molecule has 4 nitrogen and oxygen atoms in total. The van der Waals surface area contributed by atoms with Crippen molar-refractivity contribution in [2.24, 2.45) is 12.8 Å². The molecule has 0 saturated heterocycles. The van der Waals surface area contributed by atoms with Crippen LogP contribution in [0, 0.1) is 0 Å². The maximum atomic E-state index is 11.1. The molecule has 0 saturated carbocycles. The van der Waals surface area contributed by atoms with Crippen LogP contribution in [-0.4, -0.2) is 16.0 Å². The highest BCUT2D eigenvalue weighted by atomic mass is 32.2. The van der Waals surface area contributed by atoms with Gasteiger partial charge in [0.2, 0.25) is 0 Å². The molecular weight excluding hydrogens is 162 g/mol. The third kappa shape index (κ3) is 1.34. The van der Waals surface area contributed by atoms with E-state index in [1.807, 2.05) is 6.26 Å². The summed E-state index contributed by atoms with van der Waals surface area (Å²) in [6.45, 7) is 0.298. The molecule has 0 aliphatic carbocycles. The fraction of sp³-hybridized carbons (Fsp3) is 0.500. The second kappa shape index (κ2) is 3.15. The summed E-state index contributed by atoms with van der Waals surface area (Å²) in [4.78, 5) is 11.1. The van der Waals surface area contributed by atoms with Crippen molar-refractivity contribution in [3.8, 4) is 0 Å². The van der Waals surface area contributed by atoms with Gasteiger partial charge >= 0.3 is 0 Å². The number of hydrogen-bond acceptors (Lipinski definition) is 3. The average molecular weight is 173 g/mol. The first-order valence-electron chi connectivity index (χ1n) is 3.22. The maximum Gasteiger partial charge on any atom is 0.269 e. The van der Waals surface area contributed by atoms with Crippen LogP contribution in [0.25, 0.3) is 0 Å². The highest BCUT2D eigenvalue weighted by Gasteiger charge is 2.08. The Bertz CT molecular complexity index is 301. The molecule has 62 valence electrons. The highest BCUT2D eigenvalue weighted by molar-refractivity contribution is 7.98. The first kappa shape index (κ1) is 8.42. The summed E-state index contributed by atoms with van der Waals surface area (Å²) in [7, 11) is 1.80. The van der Waals surface area contributed by atoms with Crippen LogP contribution in [0.15, 0.2) is 9.82 Å². The molecule has 0 unspecified atom stereocenters. The number of aryl methyl sites for hydroxylation is 1. The van der Waals surface area contributed by atoms with E-state index < -0.39 is 0 Å². The third-order valence-corrected chi connectivity index (χ3v) is 2.41. The molecule has 0 aliphatic rings. The van der Waals surface area contributed by atoms with E-state index in [2.05, 4.69) is 5.10 Å². The van der Waals surface area contributed by atoms with Crippen molar-refractivity contribution >= 4 is 11.8 Å². The lowest BCUT2D eigenvalue weighted by Gasteiger charge is -1.98. The van der Waals surface area contributed by atoms with Crippen molar-refractivity contribution in [3.63, 3.8) is 0 Å². The molecule has 0 atom stereocenters. The quantitative estimate of drug-likeness (QED) is 0.613. The number of H-pyrrole nitrogens is 1. The van der Waals surface area contributed by atoms with Crippen molar-refractivity contribution in [2.75, 3.05) is 6.26 Å². The van der Waals surface area contributed by atoms with Crippen LogP contribution in [0.4, 0.5) is 0 Å². The number of aromatic amines is 1. The summed E-state index contributed by atoms with van der Waals surface area (Å²) in [6, 6.07) is 0. The minimum Gasteiger partial charge on any atom is -0.326 e. The van der Waals surface area contributed by atoms with E-state index in [-0.39, 0.29) is 5.56 Å². The summed E-state index contributed by atoms with van der Waals surface area (Å²) in [5.41, 5.74) is 5.98.